The molecule has 0 aliphatic carbocycles. The lowest BCUT2D eigenvalue weighted by molar-refractivity contribution is -0.124. The Kier molecular flexibility index (Phi) is 7.64. The van der Waals surface area contributed by atoms with Crippen molar-refractivity contribution in [2.45, 2.75) is 47.3 Å². The monoisotopic (exact) mass is 427 g/mol. The highest BCUT2D eigenvalue weighted by molar-refractivity contribution is 5.98. The summed E-state index contributed by atoms with van der Waals surface area (Å²) in [6.45, 7) is 9.64. The number of rotatable bonds is 8. The van der Waals surface area contributed by atoms with E-state index in [9.17, 15) is 19.6 Å². The molecule has 166 valence electrons. The quantitative estimate of drug-likeness (QED) is 0.662. The van der Waals surface area contributed by atoms with Gasteiger partial charge in [0.25, 0.3) is 11.5 Å². The Hall–Kier alpha value is -3.54. The Bertz CT molecular complexity index is 1090. The van der Waals surface area contributed by atoms with Crippen LogP contribution >= 0.6 is 0 Å². The predicted molar refractivity (Wildman–Crippen MR) is 119 cm³/mol. The van der Waals surface area contributed by atoms with Crippen LogP contribution in [0.5, 0.6) is 5.75 Å². The number of aromatic amines is 1. The standard InChI is InChI=1S/C22H29N5O4/c1-13(2)11-26(18-19(24)27(12-14(3)4)22(30)25-20(18)28)21(29)15(5)31-17-9-7-6-8-16(17)10-23/h6-9,13-15H,11-12,24H2,1-5H3,(H,25,28,30). The van der Waals surface area contributed by atoms with E-state index in [0.717, 1.165) is 0 Å². The lowest BCUT2D eigenvalue weighted by atomic mass is 10.1. The normalized spacial score (nSPS) is 11.9. The first-order valence-corrected chi connectivity index (χ1v) is 10.2. The maximum absolute atomic E-state index is 13.3. The number of nitrogens with two attached hydrogens (primary N) is 1. The number of nitrogens with one attached hydrogen (secondary N) is 1. The Balaban J connectivity index is 2.51. The molecule has 1 aromatic heterocycles. The second-order valence-corrected chi connectivity index (χ2v) is 8.21. The molecule has 2 rings (SSSR count). The van der Waals surface area contributed by atoms with Crippen molar-refractivity contribution in [2.24, 2.45) is 11.8 Å². The van der Waals surface area contributed by atoms with Crippen LogP contribution in [0, 0.1) is 23.2 Å². The zero-order chi connectivity index (χ0) is 23.3. The summed E-state index contributed by atoms with van der Waals surface area (Å²) in [5.74, 6) is -0.207. The topological polar surface area (TPSA) is 134 Å². The van der Waals surface area contributed by atoms with E-state index in [1.807, 2.05) is 33.8 Å². The highest BCUT2D eigenvalue weighted by atomic mass is 16.5. The third-order valence-electron chi connectivity index (χ3n) is 4.50. The molecule has 31 heavy (non-hydrogen) atoms. The zero-order valence-corrected chi connectivity index (χ0v) is 18.5. The summed E-state index contributed by atoms with van der Waals surface area (Å²) in [6.07, 6.45) is -1.00. The maximum atomic E-state index is 13.3. The minimum atomic E-state index is -1.00. The summed E-state index contributed by atoms with van der Waals surface area (Å²) in [7, 11) is 0. The number of carbonyl (C=O) groups is 1. The molecule has 3 N–H and O–H groups in total. The number of H-pyrrole nitrogens is 1. The average Bonchev–Trinajstić information content (AvgIpc) is 2.69. The summed E-state index contributed by atoms with van der Waals surface area (Å²) < 4.78 is 7.01. The smallest absolute Gasteiger partial charge is 0.330 e. The molecule has 0 fully saturated rings. The lowest BCUT2D eigenvalue weighted by Gasteiger charge is -2.28. The minimum absolute atomic E-state index is 0.00632. The molecule has 0 aliphatic rings. The maximum Gasteiger partial charge on any atom is 0.330 e. The molecule has 1 heterocycles. The van der Waals surface area contributed by atoms with E-state index in [-0.39, 0.29) is 35.6 Å². The van der Waals surface area contributed by atoms with E-state index in [1.165, 1.54) is 9.47 Å². The lowest BCUT2D eigenvalue weighted by Crippen LogP contribution is -2.47. The largest absolute Gasteiger partial charge is 0.479 e. The number of hydrogen-bond acceptors (Lipinski definition) is 6. The first-order chi connectivity index (χ1) is 14.6. The highest BCUT2D eigenvalue weighted by Crippen LogP contribution is 2.23. The molecule has 0 saturated heterocycles. The molecule has 9 heteroatoms. The third-order valence-corrected chi connectivity index (χ3v) is 4.50. The fourth-order valence-electron chi connectivity index (χ4n) is 3.16. The van der Waals surface area contributed by atoms with Gasteiger partial charge in [0, 0.05) is 13.1 Å². The van der Waals surface area contributed by atoms with Crippen molar-refractivity contribution in [2.75, 3.05) is 17.2 Å². The number of ether oxygens (including phenoxy) is 1. The predicted octanol–water partition coefficient (Wildman–Crippen LogP) is 2.10. The van der Waals surface area contributed by atoms with E-state index >= 15 is 0 Å². The molecular weight excluding hydrogens is 398 g/mol. The summed E-state index contributed by atoms with van der Waals surface area (Å²) in [4.78, 5) is 41.8. The molecule has 2 aromatic rings. The van der Waals surface area contributed by atoms with Crippen LogP contribution < -0.4 is 26.6 Å². The van der Waals surface area contributed by atoms with Crippen molar-refractivity contribution in [3.8, 4) is 11.8 Å². The van der Waals surface area contributed by atoms with Crippen LogP contribution in [0.2, 0.25) is 0 Å². The Morgan fingerprint density at radius 3 is 2.42 bits per heavy atom. The van der Waals surface area contributed by atoms with E-state index in [1.54, 1.807) is 31.2 Å². The fraction of sp³-hybridized carbons (Fsp3) is 0.455. The van der Waals surface area contributed by atoms with Gasteiger partial charge >= 0.3 is 5.69 Å². The van der Waals surface area contributed by atoms with Crippen LogP contribution in [0.3, 0.4) is 0 Å². The van der Waals surface area contributed by atoms with Gasteiger partial charge in [0.15, 0.2) is 11.8 Å². The van der Waals surface area contributed by atoms with Gasteiger partial charge in [-0.3, -0.25) is 19.1 Å². The van der Waals surface area contributed by atoms with E-state index < -0.39 is 23.3 Å². The van der Waals surface area contributed by atoms with Gasteiger partial charge < -0.3 is 15.4 Å². The minimum Gasteiger partial charge on any atom is -0.479 e. The molecule has 1 aromatic carbocycles. The number of aromatic nitrogens is 2. The first kappa shape index (κ1) is 23.7. The van der Waals surface area contributed by atoms with Gasteiger partial charge in [0.1, 0.15) is 17.6 Å². The molecule has 0 aliphatic heterocycles. The van der Waals surface area contributed by atoms with Gasteiger partial charge in [-0.2, -0.15) is 5.26 Å². The summed E-state index contributed by atoms with van der Waals surface area (Å²) in [5, 5.41) is 9.26. The summed E-state index contributed by atoms with van der Waals surface area (Å²) in [5.41, 5.74) is 5.07. The van der Waals surface area contributed by atoms with Crippen molar-refractivity contribution in [1.29, 1.82) is 5.26 Å². The Morgan fingerprint density at radius 1 is 1.19 bits per heavy atom. The van der Waals surface area contributed by atoms with Crippen molar-refractivity contribution < 1.29 is 9.53 Å². The van der Waals surface area contributed by atoms with Gasteiger partial charge in [-0.1, -0.05) is 39.8 Å². The average molecular weight is 428 g/mol. The van der Waals surface area contributed by atoms with Crippen molar-refractivity contribution >= 4 is 17.4 Å². The second-order valence-electron chi connectivity index (χ2n) is 8.21. The molecule has 1 atom stereocenters. The molecular formula is C22H29N5O4. The van der Waals surface area contributed by atoms with Crippen LogP contribution in [0.25, 0.3) is 0 Å². The second kappa shape index (κ2) is 9.98. The molecule has 0 bridgehead atoms. The third kappa shape index (κ3) is 5.54. The van der Waals surface area contributed by atoms with Crippen molar-refractivity contribution in [1.82, 2.24) is 9.55 Å². The van der Waals surface area contributed by atoms with Gasteiger partial charge in [0.2, 0.25) is 0 Å². The number of carbonyl (C=O) groups excluding carboxylic acids is 1. The van der Waals surface area contributed by atoms with Gasteiger partial charge in [-0.05, 0) is 30.9 Å². The van der Waals surface area contributed by atoms with E-state index in [4.69, 9.17) is 10.5 Å². The highest BCUT2D eigenvalue weighted by Gasteiger charge is 2.29. The number of nitrogens with zero attached hydrogens (tertiary/aromatic N) is 3. The fourth-order valence-corrected chi connectivity index (χ4v) is 3.16. The van der Waals surface area contributed by atoms with Crippen molar-refractivity contribution in [3.05, 3.63) is 50.7 Å². The van der Waals surface area contributed by atoms with E-state index in [2.05, 4.69) is 4.98 Å². The summed E-state index contributed by atoms with van der Waals surface area (Å²) in [6, 6.07) is 8.60. The number of hydrogen-bond donors (Lipinski definition) is 2. The molecule has 9 nitrogen and oxygen atoms in total. The number of para-hydroxylation sites is 1. The number of anilines is 2. The first-order valence-electron chi connectivity index (χ1n) is 10.2. The molecule has 0 spiro atoms. The van der Waals surface area contributed by atoms with Gasteiger partial charge in [-0.25, -0.2) is 4.79 Å². The van der Waals surface area contributed by atoms with Crippen LogP contribution in [0.1, 0.15) is 40.2 Å². The number of amides is 1. The number of nitrogen functional groups attached to an aromatic ring is 1. The molecule has 1 unspecified atom stereocenters. The molecule has 1 amide bonds. The molecule has 0 saturated carbocycles. The Labute approximate surface area is 181 Å². The number of benzene rings is 1. The SMILES string of the molecule is CC(C)CN(C(=O)C(C)Oc1ccccc1C#N)c1c(N)n(CC(C)C)c(=O)[nH]c1=O. The van der Waals surface area contributed by atoms with Crippen LogP contribution in [-0.2, 0) is 11.3 Å². The van der Waals surface area contributed by atoms with Crippen molar-refractivity contribution in [3.63, 3.8) is 0 Å². The number of nitriles is 1. The van der Waals surface area contributed by atoms with Crippen LogP contribution in [0.4, 0.5) is 11.5 Å². The zero-order valence-electron chi connectivity index (χ0n) is 18.5. The Morgan fingerprint density at radius 2 is 1.84 bits per heavy atom. The molecule has 0 radical (unpaired) electrons. The van der Waals surface area contributed by atoms with Crippen LogP contribution in [-0.4, -0.2) is 28.1 Å². The van der Waals surface area contributed by atoms with Gasteiger partial charge in [0.05, 0.1) is 5.56 Å². The van der Waals surface area contributed by atoms with E-state index in [0.29, 0.717) is 12.1 Å². The summed E-state index contributed by atoms with van der Waals surface area (Å²) >= 11 is 0. The van der Waals surface area contributed by atoms with Gasteiger partial charge in [-0.15, -0.1) is 0 Å². The van der Waals surface area contributed by atoms with Crippen LogP contribution in [0.15, 0.2) is 33.9 Å².